The molecule has 1 aromatic heterocycles. The zero-order valence-electron chi connectivity index (χ0n) is 8.42. The molecule has 0 fully saturated rings. The first-order chi connectivity index (χ1) is 7.25. The molecule has 0 radical (unpaired) electrons. The van der Waals surface area contributed by atoms with Crippen LogP contribution in [0.3, 0.4) is 0 Å². The third-order valence-corrected chi connectivity index (χ3v) is 2.93. The van der Waals surface area contributed by atoms with Crippen molar-refractivity contribution in [2.45, 2.75) is 13.5 Å². The molecule has 0 unspecified atom stereocenters. The van der Waals surface area contributed by atoms with Gasteiger partial charge in [-0.3, -0.25) is 5.10 Å². The van der Waals surface area contributed by atoms with E-state index in [1.807, 2.05) is 6.20 Å². The molecule has 2 aromatic rings. The van der Waals surface area contributed by atoms with Crippen LogP contribution in [-0.4, -0.2) is 10.2 Å². The molecule has 2 rings (SSSR count). The second kappa shape index (κ2) is 4.49. The van der Waals surface area contributed by atoms with Crippen molar-refractivity contribution in [3.63, 3.8) is 0 Å². The molecule has 78 valence electrons. The zero-order chi connectivity index (χ0) is 10.7. The Bertz CT molecular complexity index is 437. The van der Waals surface area contributed by atoms with Gasteiger partial charge in [-0.1, -0.05) is 28.1 Å². The summed E-state index contributed by atoms with van der Waals surface area (Å²) in [4.78, 5) is 0. The van der Waals surface area contributed by atoms with E-state index < -0.39 is 0 Å². The summed E-state index contributed by atoms with van der Waals surface area (Å²) in [5.41, 5.74) is 3.50. The maximum atomic E-state index is 3.87. The van der Waals surface area contributed by atoms with E-state index in [0.717, 1.165) is 16.7 Å². The van der Waals surface area contributed by atoms with E-state index in [1.165, 1.54) is 11.1 Å². The fraction of sp³-hybridized carbons (Fsp3) is 0.182. The van der Waals surface area contributed by atoms with E-state index in [2.05, 4.69) is 56.6 Å². The van der Waals surface area contributed by atoms with Crippen molar-refractivity contribution >= 4 is 21.6 Å². The summed E-state index contributed by atoms with van der Waals surface area (Å²) < 4.78 is 1.14. The molecule has 0 aliphatic heterocycles. The maximum absolute atomic E-state index is 3.87. The minimum atomic E-state index is 0.792. The van der Waals surface area contributed by atoms with E-state index in [4.69, 9.17) is 0 Å². The van der Waals surface area contributed by atoms with Crippen molar-refractivity contribution in [1.29, 1.82) is 0 Å². The lowest BCUT2D eigenvalue weighted by Crippen LogP contribution is -1.99. The number of rotatable bonds is 3. The van der Waals surface area contributed by atoms with Crippen LogP contribution in [0.2, 0.25) is 0 Å². The van der Waals surface area contributed by atoms with E-state index in [0.29, 0.717) is 0 Å². The van der Waals surface area contributed by atoms with Gasteiger partial charge in [-0.05, 0) is 24.1 Å². The molecule has 0 amide bonds. The summed E-state index contributed by atoms with van der Waals surface area (Å²) in [6.45, 7) is 2.87. The van der Waals surface area contributed by atoms with Crippen LogP contribution in [0.4, 0.5) is 5.69 Å². The number of aryl methyl sites for hydroxylation is 1. The molecule has 0 aliphatic rings. The SMILES string of the molecule is Cc1ccc(CNc2cn[nH]c2)c(Br)c1. The number of nitrogens with one attached hydrogen (secondary N) is 2. The molecule has 1 heterocycles. The highest BCUT2D eigenvalue weighted by molar-refractivity contribution is 9.10. The van der Waals surface area contributed by atoms with Gasteiger partial charge in [0.2, 0.25) is 0 Å². The molecule has 1 aromatic carbocycles. The van der Waals surface area contributed by atoms with Gasteiger partial charge < -0.3 is 5.32 Å². The number of H-pyrrole nitrogens is 1. The summed E-state index contributed by atoms with van der Waals surface area (Å²) >= 11 is 3.55. The molecule has 0 aliphatic carbocycles. The van der Waals surface area contributed by atoms with Crippen LogP contribution in [0.15, 0.2) is 35.1 Å². The van der Waals surface area contributed by atoms with Gasteiger partial charge in [-0.15, -0.1) is 0 Å². The number of hydrogen-bond acceptors (Lipinski definition) is 2. The van der Waals surface area contributed by atoms with E-state index in [-0.39, 0.29) is 0 Å². The fourth-order valence-electron chi connectivity index (χ4n) is 1.34. The average Bonchev–Trinajstić information content (AvgIpc) is 2.69. The van der Waals surface area contributed by atoms with Gasteiger partial charge in [0.15, 0.2) is 0 Å². The lowest BCUT2D eigenvalue weighted by Gasteiger charge is -2.06. The van der Waals surface area contributed by atoms with Gasteiger partial charge in [-0.25, -0.2) is 0 Å². The number of benzene rings is 1. The van der Waals surface area contributed by atoms with Crippen LogP contribution in [-0.2, 0) is 6.54 Å². The molecule has 4 heteroatoms. The van der Waals surface area contributed by atoms with Crippen LogP contribution in [0.1, 0.15) is 11.1 Å². The van der Waals surface area contributed by atoms with Crippen molar-refractivity contribution < 1.29 is 0 Å². The van der Waals surface area contributed by atoms with Gasteiger partial charge >= 0.3 is 0 Å². The topological polar surface area (TPSA) is 40.7 Å². The summed E-state index contributed by atoms with van der Waals surface area (Å²) in [5, 5.41) is 9.91. The van der Waals surface area contributed by atoms with Gasteiger partial charge in [0, 0.05) is 17.2 Å². The normalized spacial score (nSPS) is 10.3. The van der Waals surface area contributed by atoms with Crippen LogP contribution < -0.4 is 5.32 Å². The van der Waals surface area contributed by atoms with Gasteiger partial charge in [0.1, 0.15) is 0 Å². The first-order valence-electron chi connectivity index (χ1n) is 4.73. The highest BCUT2D eigenvalue weighted by Gasteiger charge is 2.00. The summed E-state index contributed by atoms with van der Waals surface area (Å²) in [7, 11) is 0. The Morgan fingerprint density at radius 2 is 2.33 bits per heavy atom. The van der Waals surface area contributed by atoms with Crippen molar-refractivity contribution in [2.24, 2.45) is 0 Å². The summed E-state index contributed by atoms with van der Waals surface area (Å²) in [5.74, 6) is 0. The summed E-state index contributed by atoms with van der Waals surface area (Å²) in [6.07, 6.45) is 3.60. The smallest absolute Gasteiger partial charge is 0.0726 e. The molecule has 3 nitrogen and oxygen atoms in total. The second-order valence-electron chi connectivity index (χ2n) is 3.44. The molecular formula is C11H12BrN3. The molecule has 2 N–H and O–H groups in total. The van der Waals surface area contributed by atoms with Gasteiger partial charge in [0.05, 0.1) is 11.9 Å². The Morgan fingerprint density at radius 3 is 3.00 bits per heavy atom. The number of hydrogen-bond donors (Lipinski definition) is 2. The average molecular weight is 266 g/mol. The van der Waals surface area contributed by atoms with E-state index in [1.54, 1.807) is 6.20 Å². The van der Waals surface area contributed by atoms with Crippen molar-refractivity contribution in [3.8, 4) is 0 Å². The van der Waals surface area contributed by atoms with Crippen molar-refractivity contribution in [2.75, 3.05) is 5.32 Å². The molecule has 0 spiro atoms. The van der Waals surface area contributed by atoms with Gasteiger partial charge in [-0.2, -0.15) is 5.10 Å². The third kappa shape index (κ3) is 2.59. The lowest BCUT2D eigenvalue weighted by molar-refractivity contribution is 1.09. The Hall–Kier alpha value is -1.29. The first-order valence-corrected chi connectivity index (χ1v) is 5.52. The molecule has 0 atom stereocenters. The van der Waals surface area contributed by atoms with Crippen LogP contribution in [0.5, 0.6) is 0 Å². The Balaban J connectivity index is 2.05. The highest BCUT2D eigenvalue weighted by Crippen LogP contribution is 2.19. The third-order valence-electron chi connectivity index (χ3n) is 2.19. The largest absolute Gasteiger partial charge is 0.378 e. The van der Waals surface area contributed by atoms with Gasteiger partial charge in [0.25, 0.3) is 0 Å². The van der Waals surface area contributed by atoms with Crippen molar-refractivity contribution in [1.82, 2.24) is 10.2 Å². The van der Waals surface area contributed by atoms with Crippen LogP contribution in [0, 0.1) is 6.92 Å². The minimum absolute atomic E-state index is 0.792. The first kappa shape index (κ1) is 10.2. The zero-order valence-corrected chi connectivity index (χ0v) is 10.0. The quantitative estimate of drug-likeness (QED) is 0.896. The van der Waals surface area contributed by atoms with E-state index >= 15 is 0 Å². The van der Waals surface area contributed by atoms with Crippen molar-refractivity contribution in [3.05, 3.63) is 46.2 Å². The number of nitrogens with zero attached hydrogens (tertiary/aromatic N) is 1. The van der Waals surface area contributed by atoms with E-state index in [9.17, 15) is 0 Å². The molecule has 15 heavy (non-hydrogen) atoms. The standard InChI is InChI=1S/C11H12BrN3/c1-8-2-3-9(11(12)4-8)5-13-10-6-14-15-7-10/h2-4,6-7,13H,5H2,1H3,(H,14,15). The predicted molar refractivity (Wildman–Crippen MR) is 64.8 cm³/mol. The number of aromatic nitrogens is 2. The second-order valence-corrected chi connectivity index (χ2v) is 4.29. The predicted octanol–water partition coefficient (Wildman–Crippen LogP) is 3.09. The molecule has 0 saturated carbocycles. The highest BCUT2D eigenvalue weighted by atomic mass is 79.9. The summed E-state index contributed by atoms with van der Waals surface area (Å²) in [6, 6.07) is 6.34. The number of aromatic amines is 1. The molecule has 0 bridgehead atoms. The number of anilines is 1. The fourth-order valence-corrected chi connectivity index (χ4v) is 1.97. The Morgan fingerprint density at radius 1 is 1.47 bits per heavy atom. The van der Waals surface area contributed by atoms with Crippen LogP contribution in [0.25, 0.3) is 0 Å². The number of halogens is 1. The Labute approximate surface area is 97.0 Å². The lowest BCUT2D eigenvalue weighted by atomic mass is 10.1. The van der Waals surface area contributed by atoms with Crippen LogP contribution >= 0.6 is 15.9 Å². The minimum Gasteiger partial charge on any atom is -0.378 e. The maximum Gasteiger partial charge on any atom is 0.0726 e. The Kier molecular flexibility index (Phi) is 3.06. The molecular weight excluding hydrogens is 254 g/mol. The monoisotopic (exact) mass is 265 g/mol. The molecule has 0 saturated heterocycles.